The summed E-state index contributed by atoms with van der Waals surface area (Å²) >= 11 is 0. The first-order valence-electron chi connectivity index (χ1n) is 12.1. The molecule has 0 radical (unpaired) electrons. The summed E-state index contributed by atoms with van der Waals surface area (Å²) in [6, 6.07) is 3.42. The van der Waals surface area contributed by atoms with E-state index in [1.165, 1.54) is 5.56 Å². The Morgan fingerprint density at radius 2 is 2.03 bits per heavy atom. The summed E-state index contributed by atoms with van der Waals surface area (Å²) in [7, 11) is 3.23. The molecule has 11 nitrogen and oxygen atoms in total. The molecule has 1 aliphatic rings. The molecule has 4 rings (SSSR count). The van der Waals surface area contributed by atoms with E-state index in [1.807, 2.05) is 19.2 Å². The quantitative estimate of drug-likeness (QED) is 0.385. The Bertz CT molecular complexity index is 1180. The maximum Gasteiger partial charge on any atom is 0.319 e. The highest BCUT2D eigenvalue weighted by Gasteiger charge is 2.26. The van der Waals surface area contributed by atoms with Crippen LogP contribution in [0.1, 0.15) is 48.7 Å². The third-order valence-electron chi connectivity index (χ3n) is 6.32. The van der Waals surface area contributed by atoms with Crippen molar-refractivity contribution < 1.29 is 24.1 Å². The van der Waals surface area contributed by atoms with Gasteiger partial charge in [0.05, 0.1) is 26.5 Å². The number of aliphatic hydroxyl groups excluding tert-OH is 1. The normalized spacial score (nSPS) is 16.1. The number of anilines is 1. The molecule has 1 amide bonds. The average molecular weight is 499 g/mol. The number of piperidine rings is 1. The van der Waals surface area contributed by atoms with Crippen LogP contribution in [0.2, 0.25) is 0 Å². The highest BCUT2D eigenvalue weighted by atomic mass is 16.5. The second kappa shape index (κ2) is 11.5. The van der Waals surface area contributed by atoms with Gasteiger partial charge in [-0.25, -0.2) is 4.98 Å². The number of carbonyl (C=O) groups is 1. The fourth-order valence-electron chi connectivity index (χ4n) is 4.41. The SMILES string of the molecule is COC[C@@H](C)Oc1nc(C(=O)N[C@H](C)CO)cc(N2CCC(c3c[nH]c4ncc(OC)cc34)CC2)n1. The van der Waals surface area contributed by atoms with Crippen LogP contribution in [0.4, 0.5) is 5.82 Å². The van der Waals surface area contributed by atoms with Gasteiger partial charge in [0, 0.05) is 43.9 Å². The lowest BCUT2D eigenvalue weighted by Crippen LogP contribution is -2.37. The minimum atomic E-state index is -0.396. The van der Waals surface area contributed by atoms with Gasteiger partial charge in [0.15, 0.2) is 0 Å². The smallest absolute Gasteiger partial charge is 0.319 e. The molecule has 1 aliphatic heterocycles. The van der Waals surface area contributed by atoms with Crippen molar-refractivity contribution in [1.29, 1.82) is 0 Å². The number of amides is 1. The number of fused-ring (bicyclic) bond motifs is 1. The fraction of sp³-hybridized carbons (Fsp3) is 0.520. The number of hydrogen-bond donors (Lipinski definition) is 3. The van der Waals surface area contributed by atoms with Crippen molar-refractivity contribution in [3.8, 4) is 11.8 Å². The maximum atomic E-state index is 12.8. The van der Waals surface area contributed by atoms with Crippen LogP contribution in [0, 0.1) is 0 Å². The third kappa shape index (κ3) is 5.85. The lowest BCUT2D eigenvalue weighted by Gasteiger charge is -2.33. The van der Waals surface area contributed by atoms with Crippen molar-refractivity contribution in [3.05, 3.63) is 35.8 Å². The Morgan fingerprint density at radius 1 is 1.25 bits per heavy atom. The topological polar surface area (TPSA) is 135 Å². The van der Waals surface area contributed by atoms with Crippen LogP contribution in [-0.2, 0) is 4.74 Å². The van der Waals surface area contributed by atoms with Crippen LogP contribution < -0.4 is 19.7 Å². The molecule has 2 atom stereocenters. The monoisotopic (exact) mass is 498 g/mol. The van der Waals surface area contributed by atoms with Gasteiger partial charge in [-0.05, 0) is 44.2 Å². The van der Waals surface area contributed by atoms with Gasteiger partial charge < -0.3 is 34.5 Å². The van der Waals surface area contributed by atoms with E-state index < -0.39 is 6.04 Å². The Morgan fingerprint density at radius 3 is 2.72 bits per heavy atom. The first-order chi connectivity index (χ1) is 17.4. The number of pyridine rings is 1. The Kier molecular flexibility index (Phi) is 8.21. The molecule has 0 unspecified atom stereocenters. The van der Waals surface area contributed by atoms with Crippen molar-refractivity contribution in [2.45, 2.75) is 44.8 Å². The maximum absolute atomic E-state index is 12.8. The molecule has 0 spiro atoms. The molecule has 194 valence electrons. The number of ether oxygens (including phenoxy) is 3. The van der Waals surface area contributed by atoms with Crippen LogP contribution >= 0.6 is 0 Å². The van der Waals surface area contributed by atoms with E-state index in [1.54, 1.807) is 33.4 Å². The van der Waals surface area contributed by atoms with Crippen molar-refractivity contribution in [3.63, 3.8) is 0 Å². The predicted molar refractivity (Wildman–Crippen MR) is 135 cm³/mol. The number of aromatic nitrogens is 4. The van der Waals surface area contributed by atoms with E-state index in [2.05, 4.69) is 30.2 Å². The van der Waals surface area contributed by atoms with Crippen molar-refractivity contribution >= 4 is 22.8 Å². The van der Waals surface area contributed by atoms with E-state index in [9.17, 15) is 9.90 Å². The second-order valence-electron chi connectivity index (χ2n) is 9.11. The average Bonchev–Trinajstić information content (AvgIpc) is 3.31. The number of hydrogen-bond acceptors (Lipinski definition) is 9. The number of methoxy groups -OCH3 is 2. The van der Waals surface area contributed by atoms with Gasteiger partial charge in [-0.1, -0.05) is 0 Å². The molecule has 1 saturated heterocycles. The molecule has 3 aromatic rings. The molecule has 4 heterocycles. The lowest BCUT2D eigenvalue weighted by atomic mass is 9.89. The Hall–Kier alpha value is -3.44. The first kappa shape index (κ1) is 25.6. The summed E-state index contributed by atoms with van der Waals surface area (Å²) in [5.41, 5.74) is 2.27. The minimum Gasteiger partial charge on any atom is -0.495 e. The second-order valence-corrected chi connectivity index (χ2v) is 9.11. The van der Waals surface area contributed by atoms with E-state index in [4.69, 9.17) is 14.2 Å². The number of H-pyrrole nitrogens is 1. The van der Waals surface area contributed by atoms with Gasteiger partial charge in [0.2, 0.25) is 0 Å². The molecule has 0 bridgehead atoms. The van der Waals surface area contributed by atoms with Crippen LogP contribution in [-0.4, -0.2) is 83.6 Å². The predicted octanol–water partition coefficient (Wildman–Crippen LogP) is 2.27. The molecule has 0 saturated carbocycles. The summed E-state index contributed by atoms with van der Waals surface area (Å²) in [6.45, 7) is 5.29. The molecular formula is C25H34N6O5. The third-order valence-corrected chi connectivity index (χ3v) is 6.32. The first-order valence-corrected chi connectivity index (χ1v) is 12.1. The van der Waals surface area contributed by atoms with Crippen molar-refractivity contribution in [2.75, 3.05) is 45.4 Å². The summed E-state index contributed by atoms with van der Waals surface area (Å²) < 4.78 is 16.3. The van der Waals surface area contributed by atoms with Crippen LogP contribution in [0.25, 0.3) is 11.0 Å². The zero-order chi connectivity index (χ0) is 25.7. The fourth-order valence-corrected chi connectivity index (χ4v) is 4.41. The Balaban J connectivity index is 1.53. The number of nitrogens with zero attached hydrogens (tertiary/aromatic N) is 4. The van der Waals surface area contributed by atoms with Crippen LogP contribution in [0.15, 0.2) is 24.5 Å². The van der Waals surface area contributed by atoms with E-state index in [-0.39, 0.29) is 30.3 Å². The van der Waals surface area contributed by atoms with Crippen LogP contribution in [0.3, 0.4) is 0 Å². The van der Waals surface area contributed by atoms with Gasteiger partial charge in [0.25, 0.3) is 5.91 Å². The standard InChI is InChI=1S/C25H34N6O5/c1-15(13-32)28-24(33)21-10-22(30-25(29-21)36-16(2)14-34-3)31-7-5-17(6-8-31)20-12-27-23-19(20)9-18(35-4)11-26-23/h9-12,15-17,32H,5-8,13-14H2,1-4H3,(H,26,27)(H,28,33)/t15-,16-/m1/s1. The molecule has 0 aromatic carbocycles. The van der Waals surface area contributed by atoms with Gasteiger partial charge in [-0.3, -0.25) is 4.79 Å². The lowest BCUT2D eigenvalue weighted by molar-refractivity contribution is 0.0839. The molecule has 0 aliphatic carbocycles. The van der Waals surface area contributed by atoms with Gasteiger partial charge >= 0.3 is 6.01 Å². The summed E-state index contributed by atoms with van der Waals surface area (Å²) in [5.74, 6) is 1.33. The highest BCUT2D eigenvalue weighted by Crippen LogP contribution is 2.35. The summed E-state index contributed by atoms with van der Waals surface area (Å²) in [6.07, 6.45) is 5.29. The van der Waals surface area contributed by atoms with Crippen molar-refractivity contribution in [2.24, 2.45) is 0 Å². The highest BCUT2D eigenvalue weighted by molar-refractivity contribution is 5.93. The largest absolute Gasteiger partial charge is 0.495 e. The number of carbonyl (C=O) groups excluding carboxylic acids is 1. The van der Waals surface area contributed by atoms with Gasteiger partial charge in [-0.2, -0.15) is 9.97 Å². The number of aliphatic hydroxyl groups is 1. The van der Waals surface area contributed by atoms with Crippen LogP contribution in [0.5, 0.6) is 11.8 Å². The Labute approximate surface area is 210 Å². The molecule has 3 N–H and O–H groups in total. The number of rotatable bonds is 10. The minimum absolute atomic E-state index is 0.121. The summed E-state index contributed by atoms with van der Waals surface area (Å²) in [4.78, 5) is 31.5. The molecular weight excluding hydrogens is 464 g/mol. The molecule has 36 heavy (non-hydrogen) atoms. The van der Waals surface area contributed by atoms with Gasteiger partial charge in [-0.15, -0.1) is 0 Å². The van der Waals surface area contributed by atoms with Gasteiger partial charge in [0.1, 0.15) is 29.0 Å². The van der Waals surface area contributed by atoms with E-state index in [0.29, 0.717) is 18.3 Å². The molecule has 1 fully saturated rings. The molecule has 11 heteroatoms. The summed E-state index contributed by atoms with van der Waals surface area (Å²) in [5, 5.41) is 13.1. The zero-order valence-corrected chi connectivity index (χ0v) is 21.2. The van der Waals surface area contributed by atoms with E-state index in [0.717, 1.165) is 42.7 Å². The zero-order valence-electron chi connectivity index (χ0n) is 21.2. The molecule has 3 aromatic heterocycles. The van der Waals surface area contributed by atoms with Crippen molar-refractivity contribution in [1.82, 2.24) is 25.3 Å². The van der Waals surface area contributed by atoms with E-state index >= 15 is 0 Å². The number of nitrogens with one attached hydrogen (secondary N) is 2. The number of aromatic amines is 1.